The molecule has 1 fully saturated rings. The molecule has 3 rings (SSSR count). The summed E-state index contributed by atoms with van der Waals surface area (Å²) in [5, 5.41) is 3.85. The third-order valence-electron chi connectivity index (χ3n) is 3.47. The lowest BCUT2D eigenvalue weighted by Gasteiger charge is -2.15. The minimum Gasteiger partial charge on any atom is -0.494 e. The van der Waals surface area contributed by atoms with E-state index in [2.05, 4.69) is 5.32 Å². The molecule has 0 atom stereocenters. The number of benzene rings is 2. The predicted octanol–water partition coefficient (Wildman–Crippen LogP) is 4.00. The van der Waals surface area contributed by atoms with Crippen LogP contribution in [0.5, 0.6) is 5.75 Å². The Balaban J connectivity index is 1.92. The van der Waals surface area contributed by atoms with Gasteiger partial charge >= 0.3 is 0 Å². The van der Waals surface area contributed by atoms with Gasteiger partial charge in [0.2, 0.25) is 0 Å². The molecular formula is C18H15ClN2O2S. The predicted molar refractivity (Wildman–Crippen MR) is 100 cm³/mol. The van der Waals surface area contributed by atoms with Gasteiger partial charge in [-0.05, 0) is 49.0 Å². The average Bonchev–Trinajstić information content (AvgIpc) is 2.84. The van der Waals surface area contributed by atoms with Gasteiger partial charge in [-0.15, -0.1) is 0 Å². The molecule has 6 heteroatoms. The lowest BCUT2D eigenvalue weighted by atomic mass is 10.2. The van der Waals surface area contributed by atoms with Crippen LogP contribution < -0.4 is 15.0 Å². The zero-order valence-electron chi connectivity index (χ0n) is 13.0. The molecule has 2 aromatic carbocycles. The average molecular weight is 359 g/mol. The Labute approximate surface area is 150 Å². The van der Waals surface area contributed by atoms with Crippen LogP contribution in [0.4, 0.5) is 5.69 Å². The highest BCUT2D eigenvalue weighted by molar-refractivity contribution is 7.80. The van der Waals surface area contributed by atoms with Crippen molar-refractivity contribution in [2.24, 2.45) is 0 Å². The van der Waals surface area contributed by atoms with Gasteiger partial charge in [-0.2, -0.15) is 0 Å². The molecule has 0 spiro atoms. The summed E-state index contributed by atoms with van der Waals surface area (Å²) in [5.41, 5.74) is 1.80. The number of amides is 1. The topological polar surface area (TPSA) is 41.6 Å². The molecule has 0 unspecified atom stereocenters. The number of hydrogen-bond donors (Lipinski definition) is 1. The van der Waals surface area contributed by atoms with Crippen molar-refractivity contribution in [3.8, 4) is 5.75 Å². The maximum atomic E-state index is 12.7. The Morgan fingerprint density at radius 2 is 2.04 bits per heavy atom. The second-order valence-corrected chi connectivity index (χ2v) is 5.87. The van der Waals surface area contributed by atoms with Crippen LogP contribution >= 0.6 is 23.8 Å². The van der Waals surface area contributed by atoms with Crippen LogP contribution in [0.15, 0.2) is 54.2 Å². The number of halogens is 1. The fourth-order valence-electron chi connectivity index (χ4n) is 2.40. The first kappa shape index (κ1) is 16.5. The van der Waals surface area contributed by atoms with Crippen LogP contribution in [0.2, 0.25) is 5.02 Å². The van der Waals surface area contributed by atoms with E-state index in [4.69, 9.17) is 28.6 Å². The monoisotopic (exact) mass is 358 g/mol. The fraction of sp³-hybridized carbons (Fsp3) is 0.111. The van der Waals surface area contributed by atoms with E-state index >= 15 is 0 Å². The van der Waals surface area contributed by atoms with Crippen LogP contribution in [-0.2, 0) is 4.79 Å². The van der Waals surface area contributed by atoms with Gasteiger partial charge in [-0.25, -0.2) is 0 Å². The van der Waals surface area contributed by atoms with Crippen LogP contribution in [-0.4, -0.2) is 17.6 Å². The lowest BCUT2D eigenvalue weighted by Crippen LogP contribution is -2.30. The number of carbonyl (C=O) groups is 1. The van der Waals surface area contributed by atoms with Gasteiger partial charge in [0.05, 0.1) is 12.3 Å². The molecule has 24 heavy (non-hydrogen) atoms. The van der Waals surface area contributed by atoms with E-state index in [1.165, 1.54) is 4.90 Å². The van der Waals surface area contributed by atoms with E-state index < -0.39 is 0 Å². The van der Waals surface area contributed by atoms with Gasteiger partial charge in [-0.3, -0.25) is 9.69 Å². The van der Waals surface area contributed by atoms with Crippen molar-refractivity contribution < 1.29 is 9.53 Å². The molecule has 4 nitrogen and oxygen atoms in total. The quantitative estimate of drug-likeness (QED) is 0.662. The number of thiocarbonyl (C=S) groups is 1. The van der Waals surface area contributed by atoms with E-state index in [9.17, 15) is 4.79 Å². The number of rotatable bonds is 4. The molecule has 1 aliphatic heterocycles. The SMILES string of the molecule is CCOc1cccc(N2C(=O)/C(=C/c3ccccc3Cl)NC2=S)c1. The van der Waals surface area contributed by atoms with Gasteiger partial charge in [0.1, 0.15) is 11.4 Å². The van der Waals surface area contributed by atoms with E-state index in [0.717, 1.165) is 5.56 Å². The summed E-state index contributed by atoms with van der Waals surface area (Å²) in [4.78, 5) is 14.2. The minimum atomic E-state index is -0.228. The molecule has 0 aliphatic carbocycles. The van der Waals surface area contributed by atoms with Gasteiger partial charge in [0.15, 0.2) is 5.11 Å². The Morgan fingerprint density at radius 3 is 2.79 bits per heavy atom. The number of hydrogen-bond acceptors (Lipinski definition) is 3. The lowest BCUT2D eigenvalue weighted by molar-refractivity contribution is -0.113. The highest BCUT2D eigenvalue weighted by Crippen LogP contribution is 2.27. The Hall–Kier alpha value is -2.37. The first-order chi connectivity index (χ1) is 11.6. The molecule has 1 aliphatic rings. The van der Waals surface area contributed by atoms with Crippen molar-refractivity contribution in [2.45, 2.75) is 6.92 Å². The molecule has 1 amide bonds. The van der Waals surface area contributed by atoms with E-state index in [0.29, 0.717) is 33.9 Å². The maximum Gasteiger partial charge on any atom is 0.281 e. The van der Waals surface area contributed by atoms with Crippen molar-refractivity contribution in [3.05, 3.63) is 64.8 Å². The van der Waals surface area contributed by atoms with Crippen LogP contribution in [0.25, 0.3) is 6.08 Å². The van der Waals surface area contributed by atoms with Gasteiger partial charge < -0.3 is 10.1 Å². The summed E-state index contributed by atoms with van der Waals surface area (Å²) < 4.78 is 5.48. The molecule has 0 bridgehead atoms. The normalized spacial score (nSPS) is 15.8. The Kier molecular flexibility index (Phi) is 4.83. The summed E-state index contributed by atoms with van der Waals surface area (Å²) in [6, 6.07) is 14.6. The highest BCUT2D eigenvalue weighted by Gasteiger charge is 2.32. The van der Waals surface area contributed by atoms with E-state index in [1.807, 2.05) is 43.3 Å². The zero-order chi connectivity index (χ0) is 17.1. The number of carbonyl (C=O) groups excluding carboxylic acids is 1. The van der Waals surface area contributed by atoms with Crippen molar-refractivity contribution >= 4 is 46.6 Å². The Bertz CT molecular complexity index is 835. The third kappa shape index (κ3) is 3.27. The summed E-state index contributed by atoms with van der Waals surface area (Å²) >= 11 is 11.5. The number of nitrogens with zero attached hydrogens (tertiary/aromatic N) is 1. The number of anilines is 1. The minimum absolute atomic E-state index is 0.228. The summed E-state index contributed by atoms with van der Waals surface area (Å²) in [6.07, 6.45) is 1.70. The standard InChI is InChI=1S/C18H15ClN2O2S/c1-2-23-14-8-5-7-13(11-14)21-17(22)16(20-18(21)24)10-12-6-3-4-9-15(12)19/h3-11H,2H2,1H3,(H,20,24)/b16-10-. The van der Waals surface area contributed by atoms with Crippen molar-refractivity contribution in [1.82, 2.24) is 5.32 Å². The van der Waals surface area contributed by atoms with Crippen LogP contribution in [0.3, 0.4) is 0 Å². The Morgan fingerprint density at radius 1 is 1.25 bits per heavy atom. The first-order valence-electron chi connectivity index (χ1n) is 7.44. The molecule has 1 heterocycles. The summed E-state index contributed by atoms with van der Waals surface area (Å²) in [7, 11) is 0. The third-order valence-corrected chi connectivity index (χ3v) is 4.10. The second-order valence-electron chi connectivity index (χ2n) is 5.08. The smallest absolute Gasteiger partial charge is 0.281 e. The molecule has 0 radical (unpaired) electrons. The molecule has 0 aromatic heterocycles. The van der Waals surface area contributed by atoms with E-state index in [-0.39, 0.29) is 5.91 Å². The molecule has 1 N–H and O–H groups in total. The van der Waals surface area contributed by atoms with Crippen molar-refractivity contribution in [2.75, 3.05) is 11.5 Å². The van der Waals surface area contributed by atoms with E-state index in [1.54, 1.807) is 18.2 Å². The first-order valence-corrected chi connectivity index (χ1v) is 8.23. The summed E-state index contributed by atoms with van der Waals surface area (Å²) in [5.74, 6) is 0.461. The molecule has 1 saturated heterocycles. The zero-order valence-corrected chi connectivity index (χ0v) is 14.5. The molecule has 0 saturated carbocycles. The molecular weight excluding hydrogens is 344 g/mol. The van der Waals surface area contributed by atoms with Gasteiger partial charge in [0, 0.05) is 11.1 Å². The second kappa shape index (κ2) is 7.03. The van der Waals surface area contributed by atoms with Crippen LogP contribution in [0, 0.1) is 0 Å². The number of nitrogens with one attached hydrogen (secondary N) is 1. The number of ether oxygens (including phenoxy) is 1. The van der Waals surface area contributed by atoms with Crippen molar-refractivity contribution in [1.29, 1.82) is 0 Å². The fourth-order valence-corrected chi connectivity index (χ4v) is 2.88. The largest absolute Gasteiger partial charge is 0.494 e. The maximum absolute atomic E-state index is 12.7. The highest BCUT2D eigenvalue weighted by atomic mass is 35.5. The summed E-state index contributed by atoms with van der Waals surface area (Å²) in [6.45, 7) is 2.46. The van der Waals surface area contributed by atoms with Crippen molar-refractivity contribution in [3.63, 3.8) is 0 Å². The van der Waals surface area contributed by atoms with Gasteiger partial charge in [0.25, 0.3) is 5.91 Å². The van der Waals surface area contributed by atoms with Crippen LogP contribution in [0.1, 0.15) is 12.5 Å². The van der Waals surface area contributed by atoms with Gasteiger partial charge in [-0.1, -0.05) is 35.9 Å². The molecule has 2 aromatic rings. The molecule has 122 valence electrons.